The van der Waals surface area contributed by atoms with E-state index in [1.807, 2.05) is 4.72 Å². The predicted molar refractivity (Wildman–Crippen MR) is 63.4 cm³/mol. The molecule has 0 aliphatic carbocycles. The van der Waals surface area contributed by atoms with E-state index in [0.29, 0.717) is 0 Å². The summed E-state index contributed by atoms with van der Waals surface area (Å²) in [6.45, 7) is -1.27. The smallest absolute Gasteiger partial charge is 0.332 e. The zero-order chi connectivity index (χ0) is 14.3. The predicted octanol–water partition coefficient (Wildman–Crippen LogP) is -0.903. The van der Waals surface area contributed by atoms with Gasteiger partial charge in [0, 0.05) is 0 Å². The number of carboxylic acid groups (broad SMARTS) is 1. The van der Waals surface area contributed by atoms with Crippen LogP contribution in [0, 0.1) is 0 Å². The first-order valence-electron chi connectivity index (χ1n) is 5.09. The maximum absolute atomic E-state index is 11.7. The van der Waals surface area contributed by atoms with Crippen LogP contribution in [0.25, 0.3) is 0 Å². The molecule has 0 unspecified atom stereocenters. The molecule has 0 bridgehead atoms. The summed E-state index contributed by atoms with van der Waals surface area (Å²) in [5, 5.41) is 8.25. The summed E-state index contributed by atoms with van der Waals surface area (Å²) in [6, 6.07) is 7.50. The minimum atomic E-state index is -3.78. The van der Waals surface area contributed by atoms with Gasteiger partial charge in [-0.3, -0.25) is 9.63 Å². The van der Waals surface area contributed by atoms with Gasteiger partial charge in [0.25, 0.3) is 5.91 Å². The fourth-order valence-corrected chi connectivity index (χ4v) is 2.06. The molecule has 1 rings (SSSR count). The van der Waals surface area contributed by atoms with E-state index in [2.05, 4.69) is 4.84 Å². The third-order valence-electron chi connectivity index (χ3n) is 1.86. The molecule has 0 saturated heterocycles. The summed E-state index contributed by atoms with van der Waals surface area (Å²) in [7, 11) is -3.78. The van der Waals surface area contributed by atoms with Gasteiger partial charge in [0.1, 0.15) is 0 Å². The highest BCUT2D eigenvalue weighted by Crippen LogP contribution is 2.06. The van der Waals surface area contributed by atoms with Gasteiger partial charge in [-0.2, -0.15) is 0 Å². The number of carbonyl (C=O) groups excluding carboxylic acids is 1. The van der Waals surface area contributed by atoms with Crippen molar-refractivity contribution >= 4 is 21.9 Å². The molecule has 8 nitrogen and oxygen atoms in total. The van der Waals surface area contributed by atoms with Gasteiger partial charge in [-0.15, -0.1) is 0 Å². The van der Waals surface area contributed by atoms with Gasteiger partial charge in [0.15, 0.2) is 6.61 Å². The molecule has 9 heteroatoms. The normalized spacial score (nSPS) is 10.9. The van der Waals surface area contributed by atoms with Crippen LogP contribution in [-0.2, 0) is 24.4 Å². The first-order chi connectivity index (χ1) is 8.92. The minimum absolute atomic E-state index is 0.0225. The number of rotatable bonds is 7. The van der Waals surface area contributed by atoms with Crippen molar-refractivity contribution in [2.24, 2.45) is 0 Å². The fourth-order valence-electron chi connectivity index (χ4n) is 1.06. The van der Waals surface area contributed by atoms with Crippen LogP contribution < -0.4 is 10.2 Å². The second-order valence-electron chi connectivity index (χ2n) is 3.35. The molecule has 0 fully saturated rings. The molecule has 0 radical (unpaired) electrons. The maximum Gasteiger partial charge on any atom is 0.332 e. The minimum Gasteiger partial charge on any atom is -0.479 e. The van der Waals surface area contributed by atoms with Crippen molar-refractivity contribution in [3.05, 3.63) is 30.3 Å². The molecule has 3 N–H and O–H groups in total. The molecular weight excluding hydrogens is 276 g/mol. The van der Waals surface area contributed by atoms with Crippen molar-refractivity contribution in [2.75, 3.05) is 13.2 Å². The molecule has 0 heterocycles. The second kappa shape index (κ2) is 6.83. The zero-order valence-electron chi connectivity index (χ0n) is 9.70. The second-order valence-corrected chi connectivity index (χ2v) is 5.11. The number of benzene rings is 1. The number of hydrogen-bond acceptors (Lipinski definition) is 5. The van der Waals surface area contributed by atoms with Gasteiger partial charge in [-0.05, 0) is 12.1 Å². The van der Waals surface area contributed by atoms with Gasteiger partial charge in [-0.1, -0.05) is 18.2 Å². The number of nitrogens with one attached hydrogen (secondary N) is 2. The Kier molecular flexibility index (Phi) is 5.42. The van der Waals surface area contributed by atoms with Crippen LogP contribution in [0.4, 0.5) is 0 Å². The Balaban J connectivity index is 2.44. The van der Waals surface area contributed by atoms with E-state index in [1.54, 1.807) is 23.7 Å². The molecule has 1 amide bonds. The van der Waals surface area contributed by atoms with Crippen molar-refractivity contribution in [1.29, 1.82) is 0 Å². The first kappa shape index (κ1) is 15.1. The van der Waals surface area contributed by atoms with Crippen LogP contribution in [-0.4, -0.2) is 38.6 Å². The molecule has 1 aromatic rings. The Labute approximate surface area is 109 Å². The maximum atomic E-state index is 11.7. The number of carboxylic acids is 1. The SMILES string of the molecule is O=C(O)CONC(=O)CNS(=O)(=O)c1ccccc1. The van der Waals surface area contributed by atoms with Gasteiger partial charge in [0.2, 0.25) is 10.0 Å². The van der Waals surface area contributed by atoms with Gasteiger partial charge in [-0.25, -0.2) is 23.4 Å². The van der Waals surface area contributed by atoms with Gasteiger partial charge in [0.05, 0.1) is 11.4 Å². The lowest BCUT2D eigenvalue weighted by Crippen LogP contribution is -2.37. The lowest BCUT2D eigenvalue weighted by atomic mass is 10.4. The number of carbonyl (C=O) groups is 2. The van der Waals surface area contributed by atoms with E-state index in [0.717, 1.165) is 0 Å². The van der Waals surface area contributed by atoms with Crippen molar-refractivity contribution in [2.45, 2.75) is 4.90 Å². The Morgan fingerprint density at radius 1 is 1.21 bits per heavy atom. The molecule has 19 heavy (non-hydrogen) atoms. The van der Waals surface area contributed by atoms with E-state index in [-0.39, 0.29) is 4.90 Å². The van der Waals surface area contributed by atoms with Crippen molar-refractivity contribution in [1.82, 2.24) is 10.2 Å². The van der Waals surface area contributed by atoms with E-state index >= 15 is 0 Å². The Bertz CT molecular complexity index is 542. The van der Waals surface area contributed by atoms with Crippen LogP contribution in [0.3, 0.4) is 0 Å². The van der Waals surface area contributed by atoms with E-state index in [9.17, 15) is 18.0 Å². The molecule has 0 aromatic heterocycles. The molecule has 0 aliphatic heterocycles. The monoisotopic (exact) mass is 288 g/mol. The van der Waals surface area contributed by atoms with E-state index in [4.69, 9.17) is 5.11 Å². The van der Waals surface area contributed by atoms with Crippen LogP contribution in [0.15, 0.2) is 35.2 Å². The number of hydrogen-bond donors (Lipinski definition) is 3. The molecule has 0 spiro atoms. The summed E-state index contributed by atoms with van der Waals surface area (Å²) in [5.41, 5.74) is 1.79. The highest BCUT2D eigenvalue weighted by atomic mass is 32.2. The molecular formula is C10H12N2O6S. The number of amides is 1. The van der Waals surface area contributed by atoms with Crippen LogP contribution in [0.1, 0.15) is 0 Å². The van der Waals surface area contributed by atoms with Crippen LogP contribution in [0.2, 0.25) is 0 Å². The van der Waals surface area contributed by atoms with E-state index < -0.39 is 35.1 Å². The Hall–Kier alpha value is -1.97. The third-order valence-corrected chi connectivity index (χ3v) is 3.28. The summed E-state index contributed by atoms with van der Waals surface area (Å²) < 4.78 is 25.4. The summed E-state index contributed by atoms with van der Waals surface area (Å²) >= 11 is 0. The molecule has 0 aliphatic rings. The molecule has 104 valence electrons. The van der Waals surface area contributed by atoms with Crippen molar-refractivity contribution in [3.8, 4) is 0 Å². The Morgan fingerprint density at radius 2 is 1.84 bits per heavy atom. The topological polar surface area (TPSA) is 122 Å². The molecule has 0 saturated carbocycles. The first-order valence-corrected chi connectivity index (χ1v) is 6.57. The Morgan fingerprint density at radius 3 is 2.42 bits per heavy atom. The average molecular weight is 288 g/mol. The highest BCUT2D eigenvalue weighted by Gasteiger charge is 2.14. The third kappa shape index (κ3) is 5.46. The standard InChI is InChI=1S/C10H12N2O6S/c13-9(12-18-7-10(14)15)6-11-19(16,17)8-4-2-1-3-5-8/h1-5,11H,6-7H2,(H,12,13)(H,14,15). The molecule has 0 atom stereocenters. The summed E-state index contributed by atoms with van der Waals surface area (Å²) in [5.74, 6) is -2.06. The van der Waals surface area contributed by atoms with Crippen LogP contribution in [0.5, 0.6) is 0 Å². The fraction of sp³-hybridized carbons (Fsp3) is 0.200. The number of hydroxylamine groups is 1. The quantitative estimate of drug-likeness (QED) is 0.559. The lowest BCUT2D eigenvalue weighted by molar-refractivity contribution is -0.148. The highest BCUT2D eigenvalue weighted by molar-refractivity contribution is 7.89. The van der Waals surface area contributed by atoms with Crippen molar-refractivity contribution < 1.29 is 28.0 Å². The van der Waals surface area contributed by atoms with Crippen LogP contribution >= 0.6 is 0 Å². The van der Waals surface area contributed by atoms with Gasteiger partial charge < -0.3 is 5.11 Å². The summed E-state index contributed by atoms with van der Waals surface area (Å²) in [6.07, 6.45) is 0. The van der Waals surface area contributed by atoms with E-state index in [1.165, 1.54) is 12.1 Å². The molecule has 1 aromatic carbocycles. The van der Waals surface area contributed by atoms with Crippen molar-refractivity contribution in [3.63, 3.8) is 0 Å². The number of aliphatic carboxylic acids is 1. The summed E-state index contributed by atoms with van der Waals surface area (Å²) in [4.78, 5) is 25.6. The van der Waals surface area contributed by atoms with Gasteiger partial charge >= 0.3 is 5.97 Å². The average Bonchev–Trinajstić information content (AvgIpc) is 2.37. The lowest BCUT2D eigenvalue weighted by Gasteiger charge is -2.06. The largest absolute Gasteiger partial charge is 0.479 e. The zero-order valence-corrected chi connectivity index (χ0v) is 10.5. The number of sulfonamides is 1.